The van der Waals surface area contributed by atoms with Gasteiger partial charge in [-0.25, -0.2) is 9.97 Å². The maximum absolute atomic E-state index is 13.7. The van der Waals surface area contributed by atoms with Gasteiger partial charge in [-0.15, -0.1) is 0 Å². The van der Waals surface area contributed by atoms with Crippen LogP contribution in [0.5, 0.6) is 0 Å². The van der Waals surface area contributed by atoms with Crippen LogP contribution in [0.1, 0.15) is 28.1 Å². The molecule has 1 amide bonds. The molecule has 10 heteroatoms. The standard InChI is InChI=1S/C21H20F3N5OS/c1-12-14(10-29(2)28-12)9-25-17(30)11-31-20-26-18-15-6-4-3-5-13(15)7-8-16(18)19(27-20)21(22,23)24/h3-6,10H,7-9,11H2,1-2H3,(H,25,30). The fourth-order valence-electron chi connectivity index (χ4n) is 3.65. The highest BCUT2D eigenvalue weighted by molar-refractivity contribution is 7.99. The summed E-state index contributed by atoms with van der Waals surface area (Å²) in [6.45, 7) is 2.14. The van der Waals surface area contributed by atoms with E-state index in [1.807, 2.05) is 25.3 Å². The third kappa shape index (κ3) is 4.58. The molecule has 1 aliphatic carbocycles. The zero-order valence-electron chi connectivity index (χ0n) is 17.0. The molecule has 0 saturated carbocycles. The van der Waals surface area contributed by atoms with Crippen molar-refractivity contribution in [1.82, 2.24) is 25.1 Å². The summed E-state index contributed by atoms with van der Waals surface area (Å²) in [5.74, 6) is -0.402. The van der Waals surface area contributed by atoms with Crippen LogP contribution in [0.3, 0.4) is 0 Å². The van der Waals surface area contributed by atoms with Crippen molar-refractivity contribution in [2.24, 2.45) is 7.05 Å². The van der Waals surface area contributed by atoms with Crippen LogP contribution in [0.4, 0.5) is 13.2 Å². The van der Waals surface area contributed by atoms with Gasteiger partial charge in [0.05, 0.1) is 17.1 Å². The van der Waals surface area contributed by atoms with E-state index in [4.69, 9.17) is 0 Å². The number of amides is 1. The van der Waals surface area contributed by atoms with Gasteiger partial charge in [0.25, 0.3) is 0 Å². The lowest BCUT2D eigenvalue weighted by Gasteiger charge is -2.22. The van der Waals surface area contributed by atoms with Gasteiger partial charge in [0.1, 0.15) is 0 Å². The number of aromatic nitrogens is 4. The van der Waals surface area contributed by atoms with Crippen LogP contribution >= 0.6 is 11.8 Å². The van der Waals surface area contributed by atoms with Crippen LogP contribution in [0.15, 0.2) is 35.6 Å². The van der Waals surface area contributed by atoms with Gasteiger partial charge < -0.3 is 5.32 Å². The molecule has 4 rings (SSSR count). The maximum atomic E-state index is 13.7. The first kappa shape index (κ1) is 21.4. The topological polar surface area (TPSA) is 72.7 Å². The van der Waals surface area contributed by atoms with Gasteiger partial charge in [-0.2, -0.15) is 18.3 Å². The van der Waals surface area contributed by atoms with Crippen molar-refractivity contribution in [3.63, 3.8) is 0 Å². The second-order valence-electron chi connectivity index (χ2n) is 7.32. The van der Waals surface area contributed by atoms with Crippen LogP contribution < -0.4 is 5.32 Å². The van der Waals surface area contributed by atoms with E-state index in [1.165, 1.54) is 0 Å². The molecule has 0 fully saturated rings. The first-order valence-corrected chi connectivity index (χ1v) is 10.7. The summed E-state index contributed by atoms with van der Waals surface area (Å²) in [4.78, 5) is 20.4. The van der Waals surface area contributed by atoms with Gasteiger partial charge in [0.2, 0.25) is 5.91 Å². The summed E-state index contributed by atoms with van der Waals surface area (Å²) in [6.07, 6.45) is -2.04. The number of carbonyl (C=O) groups excluding carboxylic acids is 1. The number of fused-ring (bicyclic) bond motifs is 3. The van der Waals surface area contributed by atoms with E-state index in [-0.39, 0.29) is 28.8 Å². The SMILES string of the molecule is Cc1nn(C)cc1CNC(=O)CSc1nc2c(c(C(F)(F)F)n1)CCc1ccccc1-2. The number of carbonyl (C=O) groups is 1. The van der Waals surface area contributed by atoms with Crippen LogP contribution in [0.2, 0.25) is 0 Å². The predicted molar refractivity (Wildman–Crippen MR) is 110 cm³/mol. The molecule has 6 nitrogen and oxygen atoms in total. The summed E-state index contributed by atoms with van der Waals surface area (Å²) in [7, 11) is 1.79. The molecule has 31 heavy (non-hydrogen) atoms. The van der Waals surface area contributed by atoms with Gasteiger partial charge >= 0.3 is 6.18 Å². The van der Waals surface area contributed by atoms with E-state index in [9.17, 15) is 18.0 Å². The van der Waals surface area contributed by atoms with Crippen molar-refractivity contribution < 1.29 is 18.0 Å². The molecular weight excluding hydrogens is 427 g/mol. The smallest absolute Gasteiger partial charge is 0.351 e. The van der Waals surface area contributed by atoms with Crippen molar-refractivity contribution in [3.05, 3.63) is 58.5 Å². The van der Waals surface area contributed by atoms with E-state index >= 15 is 0 Å². The number of hydrogen-bond donors (Lipinski definition) is 1. The summed E-state index contributed by atoms with van der Waals surface area (Å²) in [5.41, 5.74) is 2.84. The predicted octanol–water partition coefficient (Wildman–Crippen LogP) is 3.71. The number of hydrogen-bond acceptors (Lipinski definition) is 5. The molecule has 1 N–H and O–H groups in total. The number of halogens is 3. The van der Waals surface area contributed by atoms with Crippen molar-refractivity contribution >= 4 is 17.7 Å². The van der Waals surface area contributed by atoms with Crippen molar-refractivity contribution in [2.45, 2.75) is 37.6 Å². The van der Waals surface area contributed by atoms with Crippen LogP contribution in [-0.4, -0.2) is 31.4 Å². The van der Waals surface area contributed by atoms with E-state index in [1.54, 1.807) is 23.9 Å². The molecule has 0 unspecified atom stereocenters. The van der Waals surface area contributed by atoms with Gasteiger partial charge in [0, 0.05) is 36.5 Å². The minimum atomic E-state index is -4.59. The van der Waals surface area contributed by atoms with E-state index in [2.05, 4.69) is 20.4 Å². The van der Waals surface area contributed by atoms with Crippen LogP contribution in [0.25, 0.3) is 11.3 Å². The molecule has 162 valence electrons. The second-order valence-corrected chi connectivity index (χ2v) is 8.26. The molecule has 0 bridgehead atoms. The van der Waals surface area contributed by atoms with E-state index in [0.29, 0.717) is 24.2 Å². The third-order valence-electron chi connectivity index (χ3n) is 5.10. The van der Waals surface area contributed by atoms with E-state index in [0.717, 1.165) is 28.6 Å². The number of rotatable bonds is 5. The average Bonchev–Trinajstić information content (AvgIpc) is 3.06. The Balaban J connectivity index is 1.54. The molecule has 0 atom stereocenters. The molecule has 2 heterocycles. The molecule has 0 aliphatic heterocycles. The highest BCUT2D eigenvalue weighted by Crippen LogP contribution is 2.40. The summed E-state index contributed by atoms with van der Waals surface area (Å²) in [5, 5.41) is 6.90. The Morgan fingerprint density at radius 3 is 2.71 bits per heavy atom. The lowest BCUT2D eigenvalue weighted by Crippen LogP contribution is -2.25. The van der Waals surface area contributed by atoms with Gasteiger partial charge in [0.15, 0.2) is 10.9 Å². The number of aryl methyl sites for hydroxylation is 3. The fraction of sp³-hybridized carbons (Fsp3) is 0.333. The zero-order valence-corrected chi connectivity index (χ0v) is 17.8. The Kier molecular flexibility index (Phi) is 5.74. The molecule has 1 aromatic carbocycles. The highest BCUT2D eigenvalue weighted by Gasteiger charge is 2.38. The van der Waals surface area contributed by atoms with Crippen molar-refractivity contribution in [3.8, 4) is 11.3 Å². The third-order valence-corrected chi connectivity index (χ3v) is 5.94. The number of nitrogens with zero attached hydrogens (tertiary/aromatic N) is 4. The first-order valence-electron chi connectivity index (χ1n) is 9.67. The molecule has 0 spiro atoms. The molecule has 3 aromatic rings. The van der Waals surface area contributed by atoms with Gasteiger partial charge in [-0.3, -0.25) is 9.48 Å². The van der Waals surface area contributed by atoms with Crippen LogP contribution in [-0.2, 0) is 37.4 Å². The van der Waals surface area contributed by atoms with E-state index < -0.39 is 11.9 Å². The number of benzene rings is 1. The monoisotopic (exact) mass is 447 g/mol. The lowest BCUT2D eigenvalue weighted by atomic mass is 9.88. The largest absolute Gasteiger partial charge is 0.433 e. The molecule has 1 aliphatic rings. The number of alkyl halides is 3. The highest BCUT2D eigenvalue weighted by atomic mass is 32.2. The lowest BCUT2D eigenvalue weighted by molar-refractivity contribution is -0.142. The van der Waals surface area contributed by atoms with Crippen LogP contribution in [0, 0.1) is 6.92 Å². The Hall–Kier alpha value is -2.88. The molecule has 2 aromatic heterocycles. The molecule has 0 radical (unpaired) electrons. The minimum absolute atomic E-state index is 0.0597. The Morgan fingerprint density at radius 1 is 1.23 bits per heavy atom. The summed E-state index contributed by atoms with van der Waals surface area (Å²) >= 11 is 0.896. The zero-order chi connectivity index (χ0) is 22.2. The fourth-order valence-corrected chi connectivity index (χ4v) is 4.32. The second kappa shape index (κ2) is 8.33. The number of thioether (sulfide) groups is 1. The Morgan fingerprint density at radius 2 is 2.00 bits per heavy atom. The van der Waals surface area contributed by atoms with Crippen molar-refractivity contribution in [2.75, 3.05) is 5.75 Å². The molecule has 0 saturated heterocycles. The molecular formula is C21H20F3N5OS. The summed E-state index contributed by atoms with van der Waals surface area (Å²) < 4.78 is 42.7. The maximum Gasteiger partial charge on any atom is 0.433 e. The minimum Gasteiger partial charge on any atom is -0.351 e. The Bertz CT molecular complexity index is 1140. The number of nitrogens with one attached hydrogen (secondary N) is 1. The Labute approximate surface area is 181 Å². The van der Waals surface area contributed by atoms with Crippen molar-refractivity contribution in [1.29, 1.82) is 0 Å². The first-order chi connectivity index (χ1) is 14.7. The average molecular weight is 447 g/mol. The van der Waals surface area contributed by atoms with Gasteiger partial charge in [-0.1, -0.05) is 36.0 Å². The quantitative estimate of drug-likeness (QED) is 0.477. The normalized spacial score (nSPS) is 12.9. The summed E-state index contributed by atoms with van der Waals surface area (Å²) in [6, 6.07) is 7.32. The van der Waals surface area contributed by atoms with Gasteiger partial charge in [-0.05, 0) is 25.3 Å².